The van der Waals surface area contributed by atoms with E-state index in [0.717, 1.165) is 11.1 Å². The standard InChI is InChI=1S/C27H26N6O4/c1-16-23(26(34)30-20-7-5-6-8-21(20)36-3)24(19-10-9-18(35-2)15-22(19)37-4)33-27(29-16)31-25(32-33)17-11-13-28-14-12-17/h5-15,24H,1-4H3,(H,30,34)(H,29,31,32). The molecule has 0 radical (unpaired) electrons. The number of rotatable bonds is 7. The summed E-state index contributed by atoms with van der Waals surface area (Å²) in [4.78, 5) is 22.6. The topological polar surface area (TPSA) is 112 Å². The fourth-order valence-corrected chi connectivity index (χ4v) is 4.34. The van der Waals surface area contributed by atoms with Gasteiger partial charge >= 0.3 is 0 Å². The second-order valence-electron chi connectivity index (χ2n) is 8.27. The summed E-state index contributed by atoms with van der Waals surface area (Å²) >= 11 is 0. The predicted octanol–water partition coefficient (Wildman–Crippen LogP) is 4.29. The number of benzene rings is 2. The third-order valence-electron chi connectivity index (χ3n) is 6.13. The highest BCUT2D eigenvalue weighted by molar-refractivity contribution is 6.06. The Bertz CT molecular complexity index is 1480. The highest BCUT2D eigenvalue weighted by atomic mass is 16.5. The lowest BCUT2D eigenvalue weighted by atomic mass is 9.94. The lowest BCUT2D eigenvalue weighted by Gasteiger charge is -2.29. The average molecular weight is 499 g/mol. The maximum atomic E-state index is 13.8. The molecule has 0 aliphatic carbocycles. The molecule has 0 saturated carbocycles. The number of methoxy groups -OCH3 is 3. The van der Waals surface area contributed by atoms with Crippen LogP contribution in [0.1, 0.15) is 18.5 Å². The summed E-state index contributed by atoms with van der Waals surface area (Å²) in [6, 6.07) is 15.7. The van der Waals surface area contributed by atoms with Gasteiger partial charge in [-0.05, 0) is 43.3 Å². The first-order valence-corrected chi connectivity index (χ1v) is 11.5. The van der Waals surface area contributed by atoms with Crippen LogP contribution in [0, 0.1) is 0 Å². The highest BCUT2D eigenvalue weighted by Gasteiger charge is 2.36. The molecule has 4 aromatic rings. The summed E-state index contributed by atoms with van der Waals surface area (Å²) in [5.74, 6) is 2.42. The highest BCUT2D eigenvalue weighted by Crippen LogP contribution is 2.41. The van der Waals surface area contributed by atoms with Gasteiger partial charge in [-0.1, -0.05) is 12.1 Å². The molecule has 5 rings (SSSR count). The summed E-state index contributed by atoms with van der Waals surface area (Å²) in [5, 5.41) is 11.0. The molecule has 1 aliphatic rings. The third-order valence-corrected chi connectivity index (χ3v) is 6.13. The number of anilines is 2. The van der Waals surface area contributed by atoms with Gasteiger partial charge in [-0.2, -0.15) is 4.98 Å². The number of aromatic nitrogens is 4. The van der Waals surface area contributed by atoms with Crippen molar-refractivity contribution in [2.24, 2.45) is 0 Å². The van der Waals surface area contributed by atoms with Crippen molar-refractivity contribution in [3.05, 3.63) is 83.8 Å². The summed E-state index contributed by atoms with van der Waals surface area (Å²) in [6.45, 7) is 1.84. The summed E-state index contributed by atoms with van der Waals surface area (Å²) < 4.78 is 18.2. The van der Waals surface area contributed by atoms with Crippen LogP contribution >= 0.6 is 0 Å². The van der Waals surface area contributed by atoms with Crippen molar-refractivity contribution in [3.8, 4) is 28.6 Å². The molecule has 2 aromatic heterocycles. The van der Waals surface area contributed by atoms with Crippen molar-refractivity contribution in [1.82, 2.24) is 19.7 Å². The van der Waals surface area contributed by atoms with Gasteiger partial charge in [0.25, 0.3) is 5.91 Å². The van der Waals surface area contributed by atoms with Crippen LogP contribution in [0.2, 0.25) is 0 Å². The molecule has 1 amide bonds. The largest absolute Gasteiger partial charge is 0.497 e. The van der Waals surface area contributed by atoms with Gasteiger partial charge in [-0.15, -0.1) is 5.10 Å². The fourth-order valence-electron chi connectivity index (χ4n) is 4.34. The van der Waals surface area contributed by atoms with Crippen LogP contribution in [-0.2, 0) is 4.79 Å². The first-order valence-electron chi connectivity index (χ1n) is 11.5. The molecule has 0 spiro atoms. The molecular weight excluding hydrogens is 472 g/mol. The maximum Gasteiger partial charge on any atom is 0.255 e. The SMILES string of the molecule is COc1ccc(C2C(C(=O)Nc3ccccc3OC)=C(C)Nc3nc(-c4ccncc4)nn32)c(OC)c1. The Balaban J connectivity index is 1.65. The van der Waals surface area contributed by atoms with Gasteiger partial charge in [0.15, 0.2) is 5.82 Å². The fraction of sp³-hybridized carbons (Fsp3) is 0.185. The number of ether oxygens (including phenoxy) is 3. The molecule has 1 atom stereocenters. The van der Waals surface area contributed by atoms with Crippen LogP contribution in [0.25, 0.3) is 11.4 Å². The number of para-hydroxylation sites is 2. The van der Waals surface area contributed by atoms with E-state index in [1.807, 2.05) is 43.3 Å². The Kier molecular flexibility index (Phi) is 6.46. The second kappa shape index (κ2) is 10.0. The van der Waals surface area contributed by atoms with Gasteiger partial charge in [-0.3, -0.25) is 9.78 Å². The number of pyridine rings is 1. The van der Waals surface area contributed by atoms with Crippen molar-refractivity contribution >= 4 is 17.5 Å². The van der Waals surface area contributed by atoms with Crippen molar-refractivity contribution in [3.63, 3.8) is 0 Å². The summed E-state index contributed by atoms with van der Waals surface area (Å²) in [6.07, 6.45) is 3.37. The number of hydrogen-bond acceptors (Lipinski definition) is 8. The molecule has 0 saturated heterocycles. The molecule has 10 nitrogen and oxygen atoms in total. The van der Waals surface area contributed by atoms with Crippen LogP contribution in [-0.4, -0.2) is 47.0 Å². The van der Waals surface area contributed by atoms with Crippen LogP contribution in [0.4, 0.5) is 11.6 Å². The Morgan fingerprint density at radius 1 is 0.973 bits per heavy atom. The number of nitrogens with one attached hydrogen (secondary N) is 2. The van der Waals surface area contributed by atoms with Gasteiger partial charge in [-0.25, -0.2) is 4.68 Å². The Labute approximate surface area is 213 Å². The zero-order chi connectivity index (χ0) is 25.9. The molecule has 2 N–H and O–H groups in total. The van der Waals surface area contributed by atoms with E-state index in [2.05, 4.69) is 15.6 Å². The van der Waals surface area contributed by atoms with Gasteiger partial charge in [0.2, 0.25) is 5.95 Å². The van der Waals surface area contributed by atoms with Gasteiger partial charge in [0.1, 0.15) is 23.3 Å². The minimum Gasteiger partial charge on any atom is -0.497 e. The number of amides is 1. The molecule has 0 fully saturated rings. The number of hydrogen-bond donors (Lipinski definition) is 2. The van der Waals surface area contributed by atoms with Crippen LogP contribution in [0.5, 0.6) is 17.2 Å². The molecular formula is C27H26N6O4. The zero-order valence-electron chi connectivity index (χ0n) is 20.9. The summed E-state index contributed by atoms with van der Waals surface area (Å²) in [7, 11) is 4.73. The lowest BCUT2D eigenvalue weighted by molar-refractivity contribution is -0.113. The average Bonchev–Trinajstić information content (AvgIpc) is 3.36. The molecule has 1 unspecified atom stereocenters. The maximum absolute atomic E-state index is 13.8. The van der Waals surface area contributed by atoms with Crippen LogP contribution in [0.15, 0.2) is 78.3 Å². The molecule has 3 heterocycles. The van der Waals surface area contributed by atoms with E-state index >= 15 is 0 Å². The smallest absolute Gasteiger partial charge is 0.255 e. The number of allylic oxidation sites excluding steroid dienone is 1. The number of fused-ring (bicyclic) bond motifs is 1. The minimum atomic E-state index is -0.644. The van der Waals surface area contributed by atoms with Crippen LogP contribution < -0.4 is 24.8 Å². The van der Waals surface area contributed by atoms with Crippen molar-refractivity contribution in [1.29, 1.82) is 0 Å². The molecule has 10 heteroatoms. The van der Waals surface area contributed by atoms with Crippen molar-refractivity contribution in [2.75, 3.05) is 32.0 Å². The van der Waals surface area contributed by atoms with E-state index in [1.54, 1.807) is 56.6 Å². The van der Waals surface area contributed by atoms with E-state index in [4.69, 9.17) is 24.3 Å². The van der Waals surface area contributed by atoms with E-state index in [-0.39, 0.29) is 5.91 Å². The molecule has 0 bridgehead atoms. The second-order valence-corrected chi connectivity index (χ2v) is 8.27. The van der Waals surface area contributed by atoms with E-state index in [9.17, 15) is 4.79 Å². The number of carbonyl (C=O) groups is 1. The Morgan fingerprint density at radius 2 is 1.73 bits per heavy atom. The monoisotopic (exact) mass is 498 g/mol. The first-order chi connectivity index (χ1) is 18.0. The first kappa shape index (κ1) is 23.9. The predicted molar refractivity (Wildman–Crippen MR) is 139 cm³/mol. The van der Waals surface area contributed by atoms with Crippen molar-refractivity contribution in [2.45, 2.75) is 13.0 Å². The number of carbonyl (C=O) groups excluding carboxylic acids is 1. The van der Waals surface area contributed by atoms with Gasteiger partial charge in [0, 0.05) is 35.3 Å². The minimum absolute atomic E-state index is 0.316. The normalized spacial score (nSPS) is 14.4. The Morgan fingerprint density at radius 3 is 2.46 bits per heavy atom. The van der Waals surface area contributed by atoms with E-state index in [0.29, 0.717) is 46.0 Å². The van der Waals surface area contributed by atoms with E-state index in [1.165, 1.54) is 0 Å². The summed E-state index contributed by atoms with van der Waals surface area (Å²) in [5.41, 5.74) is 3.17. The van der Waals surface area contributed by atoms with Gasteiger partial charge < -0.3 is 24.8 Å². The third kappa shape index (κ3) is 4.44. The number of nitrogens with zero attached hydrogens (tertiary/aromatic N) is 4. The van der Waals surface area contributed by atoms with Crippen molar-refractivity contribution < 1.29 is 19.0 Å². The Hall–Kier alpha value is -4.86. The molecule has 37 heavy (non-hydrogen) atoms. The zero-order valence-corrected chi connectivity index (χ0v) is 20.9. The lowest BCUT2D eigenvalue weighted by Crippen LogP contribution is -2.31. The van der Waals surface area contributed by atoms with Crippen LogP contribution in [0.3, 0.4) is 0 Å². The molecule has 2 aromatic carbocycles. The molecule has 188 valence electrons. The van der Waals surface area contributed by atoms with E-state index < -0.39 is 6.04 Å². The quantitative estimate of drug-likeness (QED) is 0.388. The molecule has 1 aliphatic heterocycles. The van der Waals surface area contributed by atoms with Gasteiger partial charge in [0.05, 0.1) is 32.6 Å².